The molecule has 38 heavy (non-hydrogen) atoms. The summed E-state index contributed by atoms with van der Waals surface area (Å²) in [5.74, 6) is -1.43. The first-order valence-corrected chi connectivity index (χ1v) is 12.3. The number of fused-ring (bicyclic) bond motifs is 1. The van der Waals surface area contributed by atoms with Crippen LogP contribution in [0.5, 0.6) is 0 Å². The van der Waals surface area contributed by atoms with E-state index in [-0.39, 0.29) is 48.0 Å². The lowest BCUT2D eigenvalue weighted by Crippen LogP contribution is -2.45. The van der Waals surface area contributed by atoms with Gasteiger partial charge >= 0.3 is 6.09 Å². The van der Waals surface area contributed by atoms with Gasteiger partial charge in [0.1, 0.15) is 5.60 Å². The summed E-state index contributed by atoms with van der Waals surface area (Å²) in [5.41, 5.74) is 0.835. The smallest absolute Gasteiger partial charge is 0.407 e. The Balaban J connectivity index is 1.50. The van der Waals surface area contributed by atoms with Gasteiger partial charge in [0.15, 0.2) is 0 Å². The molecule has 0 atom stereocenters. The van der Waals surface area contributed by atoms with Crippen LogP contribution in [0.1, 0.15) is 84.6 Å². The van der Waals surface area contributed by atoms with Crippen molar-refractivity contribution in [3.63, 3.8) is 0 Å². The Kier molecular flexibility index (Phi) is 8.24. The minimum absolute atomic E-state index is 0.107. The topological polar surface area (TPSA) is 134 Å². The predicted octanol–water partition coefficient (Wildman–Crippen LogP) is 3.86. The summed E-state index contributed by atoms with van der Waals surface area (Å²) in [6.07, 6.45) is -0.467. The van der Waals surface area contributed by atoms with Gasteiger partial charge in [-0.2, -0.15) is 0 Å². The Bertz CT molecular complexity index is 1260. The molecule has 3 rings (SSSR count). The van der Waals surface area contributed by atoms with Crippen molar-refractivity contribution in [2.24, 2.45) is 0 Å². The number of alkyl carbamates (subject to hydrolysis) is 1. The van der Waals surface area contributed by atoms with Crippen LogP contribution in [0.4, 0.5) is 10.5 Å². The molecule has 10 nitrogen and oxygen atoms in total. The van der Waals surface area contributed by atoms with Gasteiger partial charge in [-0.05, 0) is 77.4 Å². The largest absolute Gasteiger partial charge is 0.444 e. The lowest BCUT2D eigenvalue weighted by Gasteiger charge is -2.29. The number of anilines is 1. The number of ether oxygens (including phenoxy) is 1. The zero-order valence-electron chi connectivity index (χ0n) is 22.6. The van der Waals surface area contributed by atoms with Gasteiger partial charge in [-0.15, -0.1) is 0 Å². The quantitative estimate of drug-likeness (QED) is 0.473. The molecule has 0 aliphatic carbocycles. The molecule has 202 valence electrons. The Morgan fingerprint density at radius 2 is 1.47 bits per heavy atom. The maximum atomic E-state index is 12.8. The highest BCUT2D eigenvalue weighted by Gasteiger charge is 2.42. The van der Waals surface area contributed by atoms with Crippen LogP contribution in [-0.2, 0) is 16.1 Å². The Morgan fingerprint density at radius 1 is 0.842 bits per heavy atom. The van der Waals surface area contributed by atoms with Crippen LogP contribution in [0.2, 0.25) is 0 Å². The molecule has 1 aliphatic heterocycles. The fourth-order valence-corrected chi connectivity index (χ4v) is 3.78. The Labute approximate surface area is 222 Å². The second-order valence-corrected chi connectivity index (χ2v) is 11.0. The molecular formula is C28H34N4O6. The van der Waals surface area contributed by atoms with Crippen molar-refractivity contribution in [3.8, 4) is 0 Å². The third kappa shape index (κ3) is 7.18. The summed E-state index contributed by atoms with van der Waals surface area (Å²) in [6, 6.07) is 11.4. The molecule has 0 saturated heterocycles. The van der Waals surface area contributed by atoms with Crippen molar-refractivity contribution in [1.82, 2.24) is 15.5 Å². The number of benzene rings is 2. The molecule has 0 fully saturated rings. The van der Waals surface area contributed by atoms with E-state index in [2.05, 4.69) is 16.0 Å². The summed E-state index contributed by atoms with van der Waals surface area (Å²) >= 11 is 0. The second kappa shape index (κ2) is 11.0. The molecule has 2 aromatic rings. The van der Waals surface area contributed by atoms with Gasteiger partial charge in [0.2, 0.25) is 5.91 Å². The maximum absolute atomic E-state index is 12.8. The molecule has 1 heterocycles. The molecule has 2 aromatic carbocycles. The molecule has 0 unspecified atom stereocenters. The third-order valence-corrected chi connectivity index (χ3v) is 5.54. The van der Waals surface area contributed by atoms with E-state index in [1.54, 1.807) is 65.8 Å². The van der Waals surface area contributed by atoms with Gasteiger partial charge in [-0.25, -0.2) is 4.79 Å². The number of amides is 5. The standard InChI is InChI=1S/C28H34N4O6/c1-27(2,3)32-24(35)20-12-9-18(15-21(20)25(32)36)23(34)31-19-10-7-17(8-11-19)16-30-22(33)13-14-29-26(37)38-28(4,5)6/h7-12,15H,13-14,16H2,1-6H3,(H,29,37)(H,30,33)(H,31,34). The molecule has 1 aliphatic rings. The first-order chi connectivity index (χ1) is 17.7. The van der Waals surface area contributed by atoms with Crippen molar-refractivity contribution in [2.75, 3.05) is 11.9 Å². The lowest BCUT2D eigenvalue weighted by molar-refractivity contribution is -0.121. The van der Waals surface area contributed by atoms with Gasteiger partial charge in [0.05, 0.1) is 11.1 Å². The number of carbonyl (C=O) groups is 5. The highest BCUT2D eigenvalue weighted by Crippen LogP contribution is 2.30. The molecule has 0 spiro atoms. The van der Waals surface area contributed by atoms with Crippen LogP contribution >= 0.6 is 0 Å². The lowest BCUT2D eigenvalue weighted by atomic mass is 10.1. The molecule has 5 amide bonds. The molecule has 0 radical (unpaired) electrons. The average molecular weight is 523 g/mol. The van der Waals surface area contributed by atoms with Gasteiger partial charge in [-0.1, -0.05) is 12.1 Å². The monoisotopic (exact) mass is 522 g/mol. The molecule has 0 aromatic heterocycles. The number of carbonyl (C=O) groups excluding carboxylic acids is 5. The van der Waals surface area contributed by atoms with Crippen LogP contribution < -0.4 is 16.0 Å². The van der Waals surface area contributed by atoms with Crippen molar-refractivity contribution >= 4 is 35.4 Å². The van der Waals surface area contributed by atoms with E-state index >= 15 is 0 Å². The van der Waals surface area contributed by atoms with E-state index in [9.17, 15) is 24.0 Å². The van der Waals surface area contributed by atoms with Crippen molar-refractivity contribution in [3.05, 3.63) is 64.7 Å². The SMILES string of the molecule is CC(C)(C)OC(=O)NCCC(=O)NCc1ccc(NC(=O)c2ccc3c(c2)C(=O)N(C(C)(C)C)C3=O)cc1. The minimum Gasteiger partial charge on any atom is -0.444 e. The van der Waals surface area contributed by atoms with Gasteiger partial charge in [0.25, 0.3) is 17.7 Å². The van der Waals surface area contributed by atoms with E-state index in [1.165, 1.54) is 23.1 Å². The van der Waals surface area contributed by atoms with E-state index in [4.69, 9.17) is 4.74 Å². The molecule has 0 bridgehead atoms. The highest BCUT2D eigenvalue weighted by atomic mass is 16.6. The van der Waals surface area contributed by atoms with Gasteiger partial charge in [-0.3, -0.25) is 24.1 Å². The summed E-state index contributed by atoms with van der Waals surface area (Å²) in [4.78, 5) is 63.1. The zero-order chi connectivity index (χ0) is 28.3. The van der Waals surface area contributed by atoms with Crippen LogP contribution in [0.25, 0.3) is 0 Å². The number of imide groups is 1. The van der Waals surface area contributed by atoms with E-state index in [1.807, 2.05) is 0 Å². The summed E-state index contributed by atoms with van der Waals surface area (Å²) in [6.45, 7) is 11.1. The normalized spacial score (nSPS) is 13.2. The molecule has 3 N–H and O–H groups in total. The number of hydrogen-bond acceptors (Lipinski definition) is 6. The third-order valence-electron chi connectivity index (χ3n) is 5.54. The number of nitrogens with zero attached hydrogens (tertiary/aromatic N) is 1. The van der Waals surface area contributed by atoms with Crippen LogP contribution in [0.3, 0.4) is 0 Å². The zero-order valence-corrected chi connectivity index (χ0v) is 22.6. The van der Waals surface area contributed by atoms with Crippen LogP contribution in [0, 0.1) is 0 Å². The first-order valence-electron chi connectivity index (χ1n) is 12.3. The fraction of sp³-hybridized carbons (Fsp3) is 0.393. The Morgan fingerprint density at radius 3 is 2.08 bits per heavy atom. The second-order valence-electron chi connectivity index (χ2n) is 11.0. The number of rotatable bonds is 7. The van der Waals surface area contributed by atoms with Crippen molar-refractivity contribution in [1.29, 1.82) is 0 Å². The summed E-state index contributed by atoms with van der Waals surface area (Å²) in [5, 5.41) is 8.08. The van der Waals surface area contributed by atoms with E-state index < -0.39 is 29.0 Å². The predicted molar refractivity (Wildman–Crippen MR) is 142 cm³/mol. The van der Waals surface area contributed by atoms with E-state index in [0.717, 1.165) is 5.56 Å². The van der Waals surface area contributed by atoms with Crippen molar-refractivity contribution in [2.45, 2.75) is 65.6 Å². The highest BCUT2D eigenvalue weighted by molar-refractivity contribution is 6.22. The first kappa shape index (κ1) is 28.4. The molecular weight excluding hydrogens is 488 g/mol. The van der Waals surface area contributed by atoms with E-state index in [0.29, 0.717) is 5.69 Å². The molecule has 10 heteroatoms. The fourth-order valence-electron chi connectivity index (χ4n) is 3.78. The van der Waals surface area contributed by atoms with Crippen LogP contribution in [-0.4, -0.2) is 52.3 Å². The van der Waals surface area contributed by atoms with Crippen molar-refractivity contribution < 1.29 is 28.7 Å². The summed E-state index contributed by atoms with van der Waals surface area (Å²) in [7, 11) is 0. The number of nitrogens with one attached hydrogen (secondary N) is 3. The minimum atomic E-state index is -0.673. The maximum Gasteiger partial charge on any atom is 0.407 e. The molecule has 0 saturated carbocycles. The van der Waals surface area contributed by atoms with Crippen LogP contribution in [0.15, 0.2) is 42.5 Å². The Hall–Kier alpha value is -4.21. The summed E-state index contributed by atoms with van der Waals surface area (Å²) < 4.78 is 5.12. The van der Waals surface area contributed by atoms with Gasteiger partial charge < -0.3 is 20.7 Å². The number of hydrogen-bond donors (Lipinski definition) is 3. The average Bonchev–Trinajstić information content (AvgIpc) is 3.07. The van der Waals surface area contributed by atoms with Gasteiger partial charge in [0, 0.05) is 36.3 Å².